The van der Waals surface area contributed by atoms with Crippen molar-refractivity contribution < 1.29 is 9.53 Å². The third-order valence-corrected chi connectivity index (χ3v) is 6.01. The van der Waals surface area contributed by atoms with Gasteiger partial charge in [-0.25, -0.2) is 0 Å². The van der Waals surface area contributed by atoms with Gasteiger partial charge in [-0.05, 0) is 24.3 Å². The van der Waals surface area contributed by atoms with Gasteiger partial charge in [0.25, 0.3) is 5.91 Å². The molecule has 25 heavy (non-hydrogen) atoms. The molecule has 3 heterocycles. The summed E-state index contributed by atoms with van der Waals surface area (Å²) in [5.74, 6) is 1.54. The van der Waals surface area contributed by atoms with Crippen LogP contribution in [-0.4, -0.2) is 74.1 Å². The summed E-state index contributed by atoms with van der Waals surface area (Å²) in [6.45, 7) is 6.90. The zero-order valence-electron chi connectivity index (χ0n) is 15.1. The summed E-state index contributed by atoms with van der Waals surface area (Å²) in [7, 11) is 1.82. The lowest BCUT2D eigenvalue weighted by Gasteiger charge is -2.37. The Bertz CT molecular complexity index is 576. The van der Waals surface area contributed by atoms with Crippen molar-refractivity contribution >= 4 is 23.2 Å². The third kappa shape index (κ3) is 4.52. The molecule has 2 aliphatic heterocycles. The number of aliphatic imine (C=N–C) groups is 1. The van der Waals surface area contributed by atoms with E-state index in [0.717, 1.165) is 58.1 Å². The average Bonchev–Trinajstić information content (AvgIpc) is 3.35. The molecule has 2 saturated heterocycles. The predicted octanol–water partition coefficient (Wildman–Crippen LogP) is 1.75. The zero-order valence-corrected chi connectivity index (χ0v) is 15.9. The van der Waals surface area contributed by atoms with Crippen molar-refractivity contribution in [1.29, 1.82) is 0 Å². The molecule has 2 aliphatic rings. The molecule has 1 aromatic rings. The van der Waals surface area contributed by atoms with E-state index in [1.54, 1.807) is 11.3 Å². The summed E-state index contributed by atoms with van der Waals surface area (Å²) in [6.07, 6.45) is 1.65. The van der Waals surface area contributed by atoms with Gasteiger partial charge in [0.2, 0.25) is 0 Å². The lowest BCUT2D eigenvalue weighted by molar-refractivity contribution is -0.142. The summed E-state index contributed by atoms with van der Waals surface area (Å²) in [6, 6.07) is 4.27. The van der Waals surface area contributed by atoms with Gasteiger partial charge >= 0.3 is 0 Å². The number of nitrogens with zero attached hydrogens (tertiary/aromatic N) is 3. The van der Waals surface area contributed by atoms with E-state index in [0.29, 0.717) is 5.92 Å². The van der Waals surface area contributed by atoms with Crippen molar-refractivity contribution in [2.24, 2.45) is 4.99 Å². The van der Waals surface area contributed by atoms with Crippen LogP contribution in [0.15, 0.2) is 22.5 Å². The minimum absolute atomic E-state index is 0.159. The van der Waals surface area contributed by atoms with Gasteiger partial charge in [-0.15, -0.1) is 11.3 Å². The molecule has 0 radical (unpaired) electrons. The molecule has 0 aliphatic carbocycles. The second kappa shape index (κ2) is 8.67. The first kappa shape index (κ1) is 18.2. The molecule has 2 fully saturated rings. The van der Waals surface area contributed by atoms with Gasteiger partial charge in [0.05, 0.1) is 0 Å². The maximum absolute atomic E-state index is 12.4. The SMILES string of the molecule is CN=C(NCC(C)c1cccs1)N1CCN(C(=O)C2CCCO2)CC1. The van der Waals surface area contributed by atoms with Crippen LogP contribution in [0.5, 0.6) is 0 Å². The topological polar surface area (TPSA) is 57.2 Å². The number of piperazine rings is 1. The highest BCUT2D eigenvalue weighted by Crippen LogP contribution is 2.20. The number of amides is 1. The fraction of sp³-hybridized carbons (Fsp3) is 0.667. The fourth-order valence-corrected chi connectivity index (χ4v) is 4.15. The summed E-state index contributed by atoms with van der Waals surface area (Å²) >= 11 is 1.79. The highest BCUT2D eigenvalue weighted by molar-refractivity contribution is 7.10. The second-order valence-corrected chi connectivity index (χ2v) is 7.64. The Balaban J connectivity index is 1.46. The van der Waals surface area contributed by atoms with Gasteiger partial charge in [0.1, 0.15) is 6.10 Å². The van der Waals surface area contributed by atoms with Gasteiger partial charge in [0.15, 0.2) is 5.96 Å². The first-order chi connectivity index (χ1) is 12.2. The number of thiophene rings is 1. The second-order valence-electron chi connectivity index (χ2n) is 6.66. The Morgan fingerprint density at radius 2 is 2.16 bits per heavy atom. The van der Waals surface area contributed by atoms with E-state index in [1.165, 1.54) is 4.88 Å². The highest BCUT2D eigenvalue weighted by atomic mass is 32.1. The number of hydrogen-bond donors (Lipinski definition) is 1. The van der Waals surface area contributed by atoms with Crippen molar-refractivity contribution in [2.75, 3.05) is 46.4 Å². The molecule has 0 saturated carbocycles. The molecule has 2 atom stereocenters. The molecule has 1 N–H and O–H groups in total. The van der Waals surface area contributed by atoms with Gasteiger partial charge in [-0.1, -0.05) is 13.0 Å². The third-order valence-electron chi connectivity index (χ3n) is 4.90. The van der Waals surface area contributed by atoms with Crippen LogP contribution in [0.4, 0.5) is 0 Å². The fourth-order valence-electron chi connectivity index (χ4n) is 3.36. The molecular formula is C18H28N4O2S. The molecule has 3 rings (SSSR count). The number of guanidine groups is 1. The van der Waals surface area contributed by atoms with Crippen molar-refractivity contribution in [1.82, 2.24) is 15.1 Å². The zero-order chi connectivity index (χ0) is 17.6. The van der Waals surface area contributed by atoms with E-state index in [2.05, 4.69) is 39.6 Å². The van der Waals surface area contributed by atoms with Crippen LogP contribution in [0.25, 0.3) is 0 Å². The molecule has 7 heteroatoms. The summed E-state index contributed by atoms with van der Waals surface area (Å²) < 4.78 is 5.52. The summed E-state index contributed by atoms with van der Waals surface area (Å²) in [5, 5.41) is 5.60. The van der Waals surface area contributed by atoms with E-state index in [-0.39, 0.29) is 12.0 Å². The summed E-state index contributed by atoms with van der Waals surface area (Å²) in [4.78, 5) is 22.4. The Hall–Kier alpha value is -1.60. The number of nitrogens with one attached hydrogen (secondary N) is 1. The first-order valence-corrected chi connectivity index (χ1v) is 9.96. The molecule has 0 spiro atoms. The van der Waals surface area contributed by atoms with Crippen LogP contribution in [0, 0.1) is 0 Å². The monoisotopic (exact) mass is 364 g/mol. The lowest BCUT2D eigenvalue weighted by atomic mass is 10.1. The molecular weight excluding hydrogens is 336 g/mol. The van der Waals surface area contributed by atoms with E-state index in [9.17, 15) is 4.79 Å². The summed E-state index contributed by atoms with van der Waals surface area (Å²) in [5.41, 5.74) is 0. The Labute approximate surface area is 153 Å². The van der Waals surface area contributed by atoms with Crippen molar-refractivity contribution in [2.45, 2.75) is 31.8 Å². The minimum Gasteiger partial charge on any atom is -0.368 e. The molecule has 2 unspecified atom stereocenters. The van der Waals surface area contributed by atoms with E-state index in [4.69, 9.17) is 4.74 Å². The van der Waals surface area contributed by atoms with Crippen LogP contribution in [0.2, 0.25) is 0 Å². The molecule has 1 amide bonds. The standard InChI is InChI=1S/C18H28N4O2S/c1-14(16-6-4-12-25-16)13-20-18(19-2)22-9-7-21(8-10-22)17(23)15-5-3-11-24-15/h4,6,12,14-15H,3,5,7-11,13H2,1-2H3,(H,19,20). The minimum atomic E-state index is -0.212. The number of carbonyl (C=O) groups is 1. The van der Waals surface area contributed by atoms with Crippen LogP contribution in [0.1, 0.15) is 30.6 Å². The maximum atomic E-state index is 12.4. The first-order valence-electron chi connectivity index (χ1n) is 9.08. The van der Waals surface area contributed by atoms with Crippen molar-refractivity contribution in [3.63, 3.8) is 0 Å². The quantitative estimate of drug-likeness (QED) is 0.653. The largest absolute Gasteiger partial charge is 0.368 e. The normalized spacial score (nSPS) is 23.0. The van der Waals surface area contributed by atoms with Crippen LogP contribution in [-0.2, 0) is 9.53 Å². The Morgan fingerprint density at radius 1 is 1.40 bits per heavy atom. The number of carbonyl (C=O) groups excluding carboxylic acids is 1. The van der Waals surface area contributed by atoms with E-state index >= 15 is 0 Å². The smallest absolute Gasteiger partial charge is 0.251 e. The lowest BCUT2D eigenvalue weighted by Crippen LogP contribution is -2.55. The van der Waals surface area contributed by atoms with Gasteiger partial charge in [-0.2, -0.15) is 0 Å². The van der Waals surface area contributed by atoms with Gasteiger partial charge < -0.3 is 19.9 Å². The Morgan fingerprint density at radius 3 is 2.76 bits per heavy atom. The van der Waals surface area contributed by atoms with Crippen LogP contribution >= 0.6 is 11.3 Å². The predicted molar refractivity (Wildman–Crippen MR) is 101 cm³/mol. The van der Waals surface area contributed by atoms with Gasteiger partial charge in [-0.3, -0.25) is 9.79 Å². The number of rotatable bonds is 4. The van der Waals surface area contributed by atoms with Gasteiger partial charge in [0, 0.05) is 57.2 Å². The maximum Gasteiger partial charge on any atom is 0.251 e. The van der Waals surface area contributed by atoms with Crippen molar-refractivity contribution in [3.8, 4) is 0 Å². The number of hydrogen-bond acceptors (Lipinski definition) is 4. The van der Waals surface area contributed by atoms with Crippen LogP contribution < -0.4 is 5.32 Å². The highest BCUT2D eigenvalue weighted by Gasteiger charge is 2.30. The molecule has 1 aromatic heterocycles. The molecule has 0 aromatic carbocycles. The average molecular weight is 365 g/mol. The van der Waals surface area contributed by atoms with Crippen molar-refractivity contribution in [3.05, 3.63) is 22.4 Å². The Kier molecular flexibility index (Phi) is 6.31. The molecule has 138 valence electrons. The molecule has 0 bridgehead atoms. The van der Waals surface area contributed by atoms with E-state index in [1.807, 2.05) is 11.9 Å². The van der Waals surface area contributed by atoms with Crippen LogP contribution in [0.3, 0.4) is 0 Å². The number of ether oxygens (including phenoxy) is 1. The van der Waals surface area contributed by atoms with E-state index < -0.39 is 0 Å². The molecule has 6 nitrogen and oxygen atoms in total.